The third kappa shape index (κ3) is 6.22. The summed E-state index contributed by atoms with van der Waals surface area (Å²) < 4.78 is 28.2. The number of hydrogen-bond donors (Lipinski definition) is 2. The van der Waals surface area contributed by atoms with E-state index in [0.717, 1.165) is 5.56 Å². The number of amides is 2. The molecule has 7 nitrogen and oxygen atoms in total. The molecule has 37 heavy (non-hydrogen) atoms. The lowest BCUT2D eigenvalue weighted by Crippen LogP contribution is -2.24. The third-order valence-corrected chi connectivity index (χ3v) is 7.35. The number of carbonyl (C=O) groups excluding carboxylic acids is 2. The van der Waals surface area contributed by atoms with Crippen LogP contribution in [0.3, 0.4) is 0 Å². The highest BCUT2D eigenvalue weighted by molar-refractivity contribution is 7.92. The molecule has 4 aromatic rings. The van der Waals surface area contributed by atoms with Gasteiger partial charge in [0.1, 0.15) is 0 Å². The van der Waals surface area contributed by atoms with Crippen LogP contribution < -0.4 is 10.0 Å². The molecule has 190 valence electrons. The minimum absolute atomic E-state index is 0.0606. The van der Waals surface area contributed by atoms with Crippen molar-refractivity contribution in [2.24, 2.45) is 0 Å². The van der Waals surface area contributed by atoms with Crippen LogP contribution in [-0.2, 0) is 16.6 Å². The van der Waals surface area contributed by atoms with Crippen molar-refractivity contribution in [3.8, 4) is 0 Å². The van der Waals surface area contributed by atoms with E-state index in [1.807, 2.05) is 6.07 Å². The molecule has 0 saturated heterocycles. The Bertz CT molecular complexity index is 1600. The number of sulfonamides is 1. The van der Waals surface area contributed by atoms with Gasteiger partial charge in [-0.05, 0) is 64.9 Å². The number of hydrogen-bond acceptors (Lipinski definition) is 4. The number of fused-ring (bicyclic) bond motifs is 1. The van der Waals surface area contributed by atoms with E-state index < -0.39 is 10.0 Å². The summed E-state index contributed by atoms with van der Waals surface area (Å²) in [6.07, 6.45) is 0. The molecule has 0 unspecified atom stereocenters. The standard InChI is InChI=1S/C27H23Cl2N3O4S/c1-32(2)27(34)19-7-3-5-17(11-19)16-30-26(33)25-8-4-6-18-12-22(9-10-24(18)25)31-37(35,36)23-14-20(28)13-21(29)15-23/h3-15,31H,16H2,1-2H3,(H,30,33). The topological polar surface area (TPSA) is 95.6 Å². The maximum atomic E-state index is 13.0. The summed E-state index contributed by atoms with van der Waals surface area (Å²) in [4.78, 5) is 26.6. The second-order valence-electron chi connectivity index (χ2n) is 8.53. The van der Waals surface area contributed by atoms with Crippen molar-refractivity contribution >= 4 is 61.5 Å². The van der Waals surface area contributed by atoms with Gasteiger partial charge in [-0.1, -0.05) is 53.5 Å². The number of carbonyl (C=O) groups is 2. The number of rotatable bonds is 7. The van der Waals surface area contributed by atoms with Crippen molar-refractivity contribution in [2.75, 3.05) is 18.8 Å². The zero-order valence-corrected chi connectivity index (χ0v) is 22.3. The first-order valence-corrected chi connectivity index (χ1v) is 13.4. The van der Waals surface area contributed by atoms with Crippen LogP contribution in [0.4, 0.5) is 5.69 Å². The van der Waals surface area contributed by atoms with Crippen LogP contribution in [-0.4, -0.2) is 39.2 Å². The highest BCUT2D eigenvalue weighted by Crippen LogP contribution is 2.27. The van der Waals surface area contributed by atoms with Crippen molar-refractivity contribution < 1.29 is 18.0 Å². The number of benzene rings is 4. The van der Waals surface area contributed by atoms with Gasteiger partial charge in [-0.25, -0.2) is 8.42 Å². The lowest BCUT2D eigenvalue weighted by Gasteiger charge is -2.13. The summed E-state index contributed by atoms with van der Waals surface area (Å²) in [5, 5.41) is 4.63. The summed E-state index contributed by atoms with van der Waals surface area (Å²) in [5.41, 5.74) is 2.09. The second kappa shape index (κ2) is 10.8. The number of nitrogens with one attached hydrogen (secondary N) is 2. The summed E-state index contributed by atoms with van der Waals surface area (Å²) in [5.74, 6) is -0.413. The molecule has 0 radical (unpaired) electrons. The first-order chi connectivity index (χ1) is 17.5. The molecule has 0 saturated carbocycles. The van der Waals surface area contributed by atoms with Crippen LogP contribution in [0.25, 0.3) is 10.8 Å². The fourth-order valence-electron chi connectivity index (χ4n) is 3.79. The van der Waals surface area contributed by atoms with E-state index in [1.54, 1.807) is 68.7 Å². The van der Waals surface area contributed by atoms with E-state index in [-0.39, 0.29) is 33.3 Å². The van der Waals surface area contributed by atoms with Gasteiger partial charge in [0.2, 0.25) is 0 Å². The van der Waals surface area contributed by atoms with Crippen LogP contribution in [0.2, 0.25) is 10.0 Å². The van der Waals surface area contributed by atoms with Gasteiger partial charge < -0.3 is 10.2 Å². The van der Waals surface area contributed by atoms with Crippen molar-refractivity contribution in [1.29, 1.82) is 0 Å². The molecule has 0 heterocycles. The monoisotopic (exact) mass is 555 g/mol. The van der Waals surface area contributed by atoms with Gasteiger partial charge in [-0.2, -0.15) is 0 Å². The van der Waals surface area contributed by atoms with Gasteiger partial charge in [-0.3, -0.25) is 14.3 Å². The van der Waals surface area contributed by atoms with Gasteiger partial charge in [0.15, 0.2) is 0 Å². The predicted molar refractivity (Wildman–Crippen MR) is 147 cm³/mol. The van der Waals surface area contributed by atoms with Crippen LogP contribution in [0.15, 0.2) is 83.8 Å². The van der Waals surface area contributed by atoms with Crippen LogP contribution >= 0.6 is 23.2 Å². The maximum Gasteiger partial charge on any atom is 0.261 e. The molecule has 0 spiro atoms. The molecule has 0 aliphatic rings. The average molecular weight is 556 g/mol. The highest BCUT2D eigenvalue weighted by atomic mass is 35.5. The summed E-state index contributed by atoms with van der Waals surface area (Å²) in [6.45, 7) is 0.240. The van der Waals surface area contributed by atoms with Crippen molar-refractivity contribution in [1.82, 2.24) is 10.2 Å². The Morgan fingerprint density at radius 3 is 2.27 bits per heavy atom. The molecule has 0 bridgehead atoms. The van der Waals surface area contributed by atoms with Gasteiger partial charge in [0.25, 0.3) is 21.8 Å². The third-order valence-electron chi connectivity index (χ3n) is 5.56. The second-order valence-corrected chi connectivity index (χ2v) is 11.1. The first-order valence-electron chi connectivity index (χ1n) is 11.1. The van der Waals surface area contributed by atoms with Crippen molar-refractivity contribution in [2.45, 2.75) is 11.4 Å². The molecule has 10 heteroatoms. The molecule has 0 aromatic heterocycles. The quantitative estimate of drug-likeness (QED) is 0.311. The average Bonchev–Trinajstić information content (AvgIpc) is 2.85. The van der Waals surface area contributed by atoms with Gasteiger partial charge in [0, 0.05) is 47.5 Å². The summed E-state index contributed by atoms with van der Waals surface area (Å²) in [7, 11) is -0.571. The van der Waals surface area contributed by atoms with E-state index in [9.17, 15) is 18.0 Å². The Hall–Kier alpha value is -3.59. The Morgan fingerprint density at radius 1 is 0.865 bits per heavy atom. The smallest absolute Gasteiger partial charge is 0.261 e. The summed E-state index contributed by atoms with van der Waals surface area (Å²) >= 11 is 11.9. The summed E-state index contributed by atoms with van der Waals surface area (Å²) in [6, 6.07) is 21.3. The Balaban J connectivity index is 1.53. The predicted octanol–water partition coefficient (Wildman–Crippen LogP) is 5.58. The molecule has 0 fully saturated rings. The Kier molecular flexibility index (Phi) is 7.73. The lowest BCUT2D eigenvalue weighted by molar-refractivity contribution is 0.0827. The SMILES string of the molecule is CN(C)C(=O)c1cccc(CNC(=O)c2cccc3cc(NS(=O)(=O)c4cc(Cl)cc(Cl)c4)ccc23)c1. The van der Waals surface area contributed by atoms with E-state index in [1.165, 1.54) is 23.1 Å². The molecule has 2 N–H and O–H groups in total. The molecular weight excluding hydrogens is 533 g/mol. The number of anilines is 1. The molecule has 0 atom stereocenters. The van der Waals surface area contributed by atoms with E-state index in [0.29, 0.717) is 27.6 Å². The molecule has 2 amide bonds. The van der Waals surface area contributed by atoms with Crippen LogP contribution in [0, 0.1) is 0 Å². The largest absolute Gasteiger partial charge is 0.348 e. The molecule has 0 aliphatic heterocycles. The Labute approximate surface area is 225 Å². The van der Waals surface area contributed by atoms with E-state index in [4.69, 9.17) is 23.2 Å². The van der Waals surface area contributed by atoms with Gasteiger partial charge in [-0.15, -0.1) is 0 Å². The normalized spacial score (nSPS) is 11.2. The van der Waals surface area contributed by atoms with Crippen molar-refractivity contribution in [3.63, 3.8) is 0 Å². The minimum atomic E-state index is -3.93. The maximum absolute atomic E-state index is 13.0. The van der Waals surface area contributed by atoms with E-state index in [2.05, 4.69) is 10.0 Å². The van der Waals surface area contributed by atoms with Crippen LogP contribution in [0.1, 0.15) is 26.3 Å². The number of nitrogens with zero attached hydrogens (tertiary/aromatic N) is 1. The fourth-order valence-corrected chi connectivity index (χ4v) is 5.57. The zero-order chi connectivity index (χ0) is 26.7. The van der Waals surface area contributed by atoms with Crippen molar-refractivity contribution in [3.05, 3.63) is 106 Å². The first kappa shape index (κ1) is 26.5. The van der Waals surface area contributed by atoms with Gasteiger partial charge in [0.05, 0.1) is 4.90 Å². The van der Waals surface area contributed by atoms with E-state index >= 15 is 0 Å². The van der Waals surface area contributed by atoms with Crippen LogP contribution in [0.5, 0.6) is 0 Å². The number of halogens is 2. The molecule has 4 rings (SSSR count). The zero-order valence-electron chi connectivity index (χ0n) is 20.0. The highest BCUT2D eigenvalue weighted by Gasteiger charge is 2.17. The Morgan fingerprint density at radius 2 is 1.57 bits per heavy atom. The molecule has 0 aliphatic carbocycles. The molecular formula is C27H23Cl2N3O4S. The lowest BCUT2D eigenvalue weighted by atomic mass is 10.0. The minimum Gasteiger partial charge on any atom is -0.348 e. The molecule has 4 aromatic carbocycles. The fraction of sp³-hybridized carbons (Fsp3) is 0.111. The van der Waals surface area contributed by atoms with Gasteiger partial charge >= 0.3 is 0 Å².